The number of rotatable bonds is 5. The van der Waals surface area contributed by atoms with E-state index in [1.54, 1.807) is 12.1 Å². The highest BCUT2D eigenvalue weighted by molar-refractivity contribution is 6.04. The predicted octanol–water partition coefficient (Wildman–Crippen LogP) is 4.01. The normalized spacial score (nSPS) is 16.5. The van der Waals surface area contributed by atoms with E-state index in [4.69, 9.17) is 9.47 Å². The van der Waals surface area contributed by atoms with E-state index in [0.29, 0.717) is 12.2 Å². The second-order valence-electron chi connectivity index (χ2n) is 7.02. The number of epoxide rings is 1. The van der Waals surface area contributed by atoms with E-state index in [9.17, 15) is 4.79 Å². The minimum absolute atomic E-state index is 0.122. The Bertz CT molecular complexity index is 715. The van der Waals surface area contributed by atoms with Gasteiger partial charge in [-0.1, -0.05) is 45.0 Å². The van der Waals surface area contributed by atoms with E-state index < -0.39 is 0 Å². The van der Waals surface area contributed by atoms with E-state index in [0.717, 1.165) is 23.6 Å². The van der Waals surface area contributed by atoms with Crippen LogP contribution < -0.4 is 10.1 Å². The maximum absolute atomic E-state index is 12.5. The molecule has 3 rings (SSSR count). The summed E-state index contributed by atoms with van der Waals surface area (Å²) in [5.41, 5.74) is 2.25. The second-order valence-corrected chi connectivity index (χ2v) is 7.02. The van der Waals surface area contributed by atoms with Gasteiger partial charge in [-0.3, -0.25) is 4.79 Å². The second kappa shape index (κ2) is 6.65. The van der Waals surface area contributed by atoms with Crippen molar-refractivity contribution in [1.29, 1.82) is 0 Å². The monoisotopic (exact) mass is 325 g/mol. The number of nitrogens with one attached hydrogen (secondary N) is 1. The minimum atomic E-state index is -0.166. The molecule has 1 saturated heterocycles. The maximum atomic E-state index is 12.5. The van der Waals surface area contributed by atoms with Crippen LogP contribution in [-0.2, 0) is 10.2 Å². The van der Waals surface area contributed by atoms with Crippen molar-refractivity contribution in [3.8, 4) is 5.75 Å². The Balaban J connectivity index is 1.88. The maximum Gasteiger partial charge on any atom is 0.255 e. The van der Waals surface area contributed by atoms with Gasteiger partial charge in [-0.15, -0.1) is 0 Å². The molecule has 0 aromatic heterocycles. The van der Waals surface area contributed by atoms with Crippen molar-refractivity contribution in [3.63, 3.8) is 0 Å². The number of amides is 1. The first-order chi connectivity index (χ1) is 11.4. The van der Waals surface area contributed by atoms with Crippen LogP contribution in [0.25, 0.3) is 0 Å². The van der Waals surface area contributed by atoms with Gasteiger partial charge in [0.2, 0.25) is 0 Å². The van der Waals surface area contributed by atoms with E-state index in [-0.39, 0.29) is 17.4 Å². The summed E-state index contributed by atoms with van der Waals surface area (Å²) in [6, 6.07) is 15.0. The molecule has 0 spiro atoms. The summed E-state index contributed by atoms with van der Waals surface area (Å²) in [5.74, 6) is 0.674. The number of benzene rings is 2. The highest BCUT2D eigenvalue weighted by Crippen LogP contribution is 2.38. The first kappa shape index (κ1) is 16.5. The van der Waals surface area contributed by atoms with Crippen molar-refractivity contribution in [3.05, 3.63) is 59.7 Å². The third-order valence-electron chi connectivity index (χ3n) is 3.89. The average molecular weight is 325 g/mol. The van der Waals surface area contributed by atoms with Crippen LogP contribution in [0.2, 0.25) is 0 Å². The Kier molecular flexibility index (Phi) is 4.58. The largest absolute Gasteiger partial charge is 0.490 e. The number of anilines is 1. The summed E-state index contributed by atoms with van der Waals surface area (Å²) in [4.78, 5) is 12.5. The van der Waals surface area contributed by atoms with Gasteiger partial charge in [-0.25, -0.2) is 0 Å². The molecule has 1 heterocycles. The zero-order valence-electron chi connectivity index (χ0n) is 14.3. The molecule has 1 aliphatic rings. The molecule has 1 N–H and O–H groups in total. The third kappa shape index (κ3) is 3.95. The smallest absolute Gasteiger partial charge is 0.255 e. The zero-order valence-corrected chi connectivity index (χ0v) is 14.3. The van der Waals surface area contributed by atoms with E-state index >= 15 is 0 Å². The summed E-state index contributed by atoms with van der Waals surface area (Å²) in [6.07, 6.45) is 0.195. The summed E-state index contributed by atoms with van der Waals surface area (Å²) in [6.45, 7) is 7.64. The Hall–Kier alpha value is -2.33. The van der Waals surface area contributed by atoms with Crippen molar-refractivity contribution < 1.29 is 14.3 Å². The molecular weight excluding hydrogens is 302 g/mol. The van der Waals surface area contributed by atoms with Crippen molar-refractivity contribution in [1.82, 2.24) is 0 Å². The first-order valence-corrected chi connectivity index (χ1v) is 8.19. The third-order valence-corrected chi connectivity index (χ3v) is 3.89. The van der Waals surface area contributed by atoms with Gasteiger partial charge in [-0.05, 0) is 29.7 Å². The lowest BCUT2D eigenvalue weighted by atomic mass is 9.85. The van der Waals surface area contributed by atoms with E-state index in [2.05, 4.69) is 26.1 Å². The summed E-state index contributed by atoms with van der Waals surface area (Å²) in [7, 11) is 0. The summed E-state index contributed by atoms with van der Waals surface area (Å²) >= 11 is 0. The van der Waals surface area contributed by atoms with Crippen LogP contribution in [-0.4, -0.2) is 25.2 Å². The number of carbonyl (C=O) groups excluding carboxylic acids is 1. The molecule has 1 atom stereocenters. The molecule has 4 nitrogen and oxygen atoms in total. The number of ether oxygens (including phenoxy) is 2. The minimum Gasteiger partial charge on any atom is -0.490 e. The molecule has 0 radical (unpaired) electrons. The Labute approximate surface area is 142 Å². The number of hydrogen-bond acceptors (Lipinski definition) is 3. The molecule has 24 heavy (non-hydrogen) atoms. The predicted molar refractivity (Wildman–Crippen MR) is 94.8 cm³/mol. The van der Waals surface area contributed by atoms with Crippen LogP contribution in [0.5, 0.6) is 5.75 Å². The lowest BCUT2D eigenvalue weighted by Gasteiger charge is -2.26. The molecule has 1 fully saturated rings. The number of carbonyl (C=O) groups is 1. The van der Waals surface area contributed by atoms with Crippen molar-refractivity contribution >= 4 is 11.6 Å². The molecule has 2 aromatic carbocycles. The first-order valence-electron chi connectivity index (χ1n) is 8.19. The topological polar surface area (TPSA) is 50.9 Å². The van der Waals surface area contributed by atoms with Gasteiger partial charge in [0.15, 0.2) is 0 Å². The van der Waals surface area contributed by atoms with Crippen LogP contribution in [0.1, 0.15) is 36.7 Å². The zero-order chi connectivity index (χ0) is 17.2. The van der Waals surface area contributed by atoms with E-state index in [1.165, 1.54) is 0 Å². The molecule has 1 unspecified atom stereocenters. The molecule has 0 bridgehead atoms. The molecule has 126 valence electrons. The summed E-state index contributed by atoms with van der Waals surface area (Å²) < 4.78 is 11.2. The van der Waals surface area contributed by atoms with Gasteiger partial charge in [-0.2, -0.15) is 0 Å². The van der Waals surface area contributed by atoms with Gasteiger partial charge in [0.1, 0.15) is 18.5 Å². The van der Waals surface area contributed by atoms with Crippen LogP contribution in [0, 0.1) is 0 Å². The van der Waals surface area contributed by atoms with E-state index in [1.807, 2.05) is 36.4 Å². The molecule has 0 aliphatic carbocycles. The summed E-state index contributed by atoms with van der Waals surface area (Å²) in [5, 5.41) is 3.03. The average Bonchev–Trinajstić information content (AvgIpc) is 3.37. The van der Waals surface area contributed by atoms with Crippen molar-refractivity contribution in [2.24, 2.45) is 0 Å². The number of hydrogen-bond donors (Lipinski definition) is 1. The van der Waals surface area contributed by atoms with Crippen LogP contribution >= 0.6 is 0 Å². The quantitative estimate of drug-likeness (QED) is 0.845. The van der Waals surface area contributed by atoms with Gasteiger partial charge in [0.05, 0.1) is 6.61 Å². The van der Waals surface area contributed by atoms with Gasteiger partial charge in [0.25, 0.3) is 5.91 Å². The molecule has 1 amide bonds. The Morgan fingerprint density at radius 3 is 2.50 bits per heavy atom. The van der Waals surface area contributed by atoms with Crippen LogP contribution in [0.3, 0.4) is 0 Å². The van der Waals surface area contributed by atoms with Crippen LogP contribution in [0.4, 0.5) is 5.69 Å². The molecular formula is C20H23NO3. The molecule has 0 saturated carbocycles. The fourth-order valence-corrected chi connectivity index (χ4v) is 2.66. The highest BCUT2D eigenvalue weighted by Gasteiger charge is 2.27. The lowest BCUT2D eigenvalue weighted by Crippen LogP contribution is -2.20. The SMILES string of the molecule is CC(C)(C)c1c(NC(=O)c2ccccc2)cccc1OCC1CO1. The molecule has 4 heteroatoms. The fourth-order valence-electron chi connectivity index (χ4n) is 2.66. The van der Waals surface area contributed by atoms with Gasteiger partial charge in [0, 0.05) is 16.8 Å². The lowest BCUT2D eigenvalue weighted by molar-refractivity contribution is 0.102. The van der Waals surface area contributed by atoms with Crippen molar-refractivity contribution in [2.75, 3.05) is 18.5 Å². The molecule has 1 aliphatic heterocycles. The standard InChI is InChI=1S/C20H23NO3/c1-20(2,3)18-16(21-19(22)14-8-5-4-6-9-14)10-7-11-17(18)24-13-15-12-23-15/h4-11,15H,12-13H2,1-3H3,(H,21,22). The van der Waals surface area contributed by atoms with Gasteiger partial charge >= 0.3 is 0 Å². The molecule has 2 aromatic rings. The Morgan fingerprint density at radius 1 is 1.17 bits per heavy atom. The Morgan fingerprint density at radius 2 is 1.88 bits per heavy atom. The highest BCUT2D eigenvalue weighted by atomic mass is 16.6. The van der Waals surface area contributed by atoms with Crippen molar-refractivity contribution in [2.45, 2.75) is 32.3 Å². The van der Waals surface area contributed by atoms with Gasteiger partial charge < -0.3 is 14.8 Å². The fraction of sp³-hybridized carbons (Fsp3) is 0.350. The van der Waals surface area contributed by atoms with Crippen LogP contribution in [0.15, 0.2) is 48.5 Å².